The van der Waals surface area contributed by atoms with E-state index in [1.165, 1.54) is 12.1 Å². The third-order valence-electron chi connectivity index (χ3n) is 3.69. The van der Waals surface area contributed by atoms with Crippen LogP contribution in [-0.4, -0.2) is 36.1 Å². The van der Waals surface area contributed by atoms with Crippen LogP contribution in [0.3, 0.4) is 0 Å². The van der Waals surface area contributed by atoms with Crippen molar-refractivity contribution in [3.05, 3.63) is 16.1 Å². The summed E-state index contributed by atoms with van der Waals surface area (Å²) in [7, 11) is 2.23. The van der Waals surface area contributed by atoms with E-state index < -0.39 is 0 Å². The minimum Gasteiger partial charge on any atom is -0.316 e. The summed E-state index contributed by atoms with van der Waals surface area (Å²) in [6, 6.07) is 0.644. The molecule has 1 fully saturated rings. The molecule has 1 aromatic rings. The molecule has 1 saturated heterocycles. The maximum Gasteiger partial charge on any atom is 0.0897 e. The second-order valence-corrected chi connectivity index (χ2v) is 6.81. The van der Waals surface area contributed by atoms with Crippen molar-refractivity contribution in [1.29, 1.82) is 0 Å². The Balaban J connectivity index is 2.01. The summed E-state index contributed by atoms with van der Waals surface area (Å²) in [6.45, 7) is 9.99. The predicted molar refractivity (Wildman–Crippen MR) is 73.4 cm³/mol. The van der Waals surface area contributed by atoms with Crippen molar-refractivity contribution in [2.45, 2.75) is 39.8 Å². The molecule has 96 valence electrons. The van der Waals surface area contributed by atoms with Gasteiger partial charge in [-0.25, -0.2) is 4.98 Å². The van der Waals surface area contributed by atoms with E-state index in [-0.39, 0.29) is 0 Å². The number of aromatic nitrogens is 1. The molecule has 17 heavy (non-hydrogen) atoms. The average molecular weight is 253 g/mol. The Labute approximate surface area is 108 Å². The molecule has 1 aromatic heterocycles. The molecule has 1 aliphatic rings. The fraction of sp³-hybridized carbons (Fsp3) is 0.769. The SMILES string of the molecule is Cc1nc(CN(C)C2CCNCC2(C)C)cs1. The van der Waals surface area contributed by atoms with Gasteiger partial charge in [-0.2, -0.15) is 0 Å². The highest BCUT2D eigenvalue weighted by atomic mass is 32.1. The zero-order valence-electron chi connectivity index (χ0n) is 11.3. The zero-order valence-corrected chi connectivity index (χ0v) is 12.1. The summed E-state index contributed by atoms with van der Waals surface area (Å²) >= 11 is 1.74. The summed E-state index contributed by atoms with van der Waals surface area (Å²) in [4.78, 5) is 7.02. The highest BCUT2D eigenvalue weighted by Crippen LogP contribution is 2.29. The quantitative estimate of drug-likeness (QED) is 0.895. The van der Waals surface area contributed by atoms with E-state index >= 15 is 0 Å². The molecule has 3 nitrogen and oxygen atoms in total. The zero-order chi connectivity index (χ0) is 12.5. The van der Waals surface area contributed by atoms with Crippen LogP contribution in [0.2, 0.25) is 0 Å². The lowest BCUT2D eigenvalue weighted by Gasteiger charge is -2.44. The first-order valence-corrected chi connectivity index (χ1v) is 7.19. The van der Waals surface area contributed by atoms with Gasteiger partial charge in [-0.15, -0.1) is 11.3 Å². The third-order valence-corrected chi connectivity index (χ3v) is 4.51. The lowest BCUT2D eigenvalue weighted by atomic mass is 9.79. The van der Waals surface area contributed by atoms with Crippen molar-refractivity contribution < 1.29 is 0 Å². The van der Waals surface area contributed by atoms with E-state index in [1.807, 2.05) is 0 Å². The van der Waals surface area contributed by atoms with Gasteiger partial charge in [0.1, 0.15) is 0 Å². The maximum absolute atomic E-state index is 4.55. The molecule has 1 aliphatic heterocycles. The lowest BCUT2D eigenvalue weighted by Crippen LogP contribution is -2.53. The Morgan fingerprint density at radius 3 is 2.94 bits per heavy atom. The molecule has 1 unspecified atom stereocenters. The molecule has 2 rings (SSSR count). The minimum atomic E-state index is 0.345. The van der Waals surface area contributed by atoms with Gasteiger partial charge in [-0.3, -0.25) is 4.90 Å². The van der Waals surface area contributed by atoms with Crippen molar-refractivity contribution in [1.82, 2.24) is 15.2 Å². The van der Waals surface area contributed by atoms with Crippen LogP contribution in [0.25, 0.3) is 0 Å². The fourth-order valence-corrected chi connectivity index (χ4v) is 3.43. The fourth-order valence-electron chi connectivity index (χ4n) is 2.82. The molecule has 0 radical (unpaired) electrons. The van der Waals surface area contributed by atoms with Gasteiger partial charge >= 0.3 is 0 Å². The topological polar surface area (TPSA) is 28.2 Å². The molecule has 1 atom stereocenters. The average Bonchev–Trinajstić information content (AvgIpc) is 2.63. The van der Waals surface area contributed by atoms with E-state index in [0.717, 1.165) is 24.6 Å². The highest BCUT2D eigenvalue weighted by Gasteiger charge is 2.34. The number of rotatable bonds is 3. The van der Waals surface area contributed by atoms with Gasteiger partial charge in [-0.1, -0.05) is 13.8 Å². The van der Waals surface area contributed by atoms with Crippen LogP contribution in [0.1, 0.15) is 31.0 Å². The van der Waals surface area contributed by atoms with Crippen LogP contribution in [0.4, 0.5) is 0 Å². The van der Waals surface area contributed by atoms with Crippen molar-refractivity contribution >= 4 is 11.3 Å². The van der Waals surface area contributed by atoms with Crippen molar-refractivity contribution in [3.8, 4) is 0 Å². The minimum absolute atomic E-state index is 0.345. The molecule has 0 spiro atoms. The second kappa shape index (κ2) is 5.04. The Hall–Kier alpha value is -0.450. The normalized spacial score (nSPS) is 24.2. The first-order chi connectivity index (χ1) is 7.99. The molecular formula is C13H23N3S. The number of hydrogen-bond donors (Lipinski definition) is 1. The molecule has 1 N–H and O–H groups in total. The summed E-state index contributed by atoms with van der Waals surface area (Å²) in [6.07, 6.45) is 1.23. The number of nitrogens with zero attached hydrogens (tertiary/aromatic N) is 2. The number of aryl methyl sites for hydroxylation is 1. The van der Waals surface area contributed by atoms with Crippen molar-refractivity contribution in [2.75, 3.05) is 20.1 Å². The van der Waals surface area contributed by atoms with E-state index in [9.17, 15) is 0 Å². The van der Waals surface area contributed by atoms with E-state index in [1.54, 1.807) is 11.3 Å². The molecule has 0 aliphatic carbocycles. The Kier molecular flexibility index (Phi) is 3.85. The van der Waals surface area contributed by atoms with Crippen LogP contribution in [0, 0.1) is 12.3 Å². The van der Waals surface area contributed by atoms with Crippen LogP contribution >= 0.6 is 11.3 Å². The molecular weight excluding hydrogens is 230 g/mol. The van der Waals surface area contributed by atoms with Gasteiger partial charge in [0.25, 0.3) is 0 Å². The summed E-state index contributed by atoms with van der Waals surface area (Å²) in [5.74, 6) is 0. The molecule has 0 bridgehead atoms. The van der Waals surface area contributed by atoms with Crippen LogP contribution < -0.4 is 5.32 Å². The van der Waals surface area contributed by atoms with Gasteiger partial charge in [0.2, 0.25) is 0 Å². The Bertz CT molecular complexity index is 372. The van der Waals surface area contributed by atoms with Gasteiger partial charge in [0, 0.05) is 24.5 Å². The number of piperidine rings is 1. The first-order valence-electron chi connectivity index (χ1n) is 6.31. The van der Waals surface area contributed by atoms with Crippen LogP contribution in [0.15, 0.2) is 5.38 Å². The largest absolute Gasteiger partial charge is 0.316 e. The molecule has 0 amide bonds. The van der Waals surface area contributed by atoms with Crippen molar-refractivity contribution in [2.24, 2.45) is 5.41 Å². The van der Waals surface area contributed by atoms with E-state index in [2.05, 4.69) is 48.4 Å². The maximum atomic E-state index is 4.55. The third kappa shape index (κ3) is 3.06. The lowest BCUT2D eigenvalue weighted by molar-refractivity contribution is 0.0737. The molecule has 4 heteroatoms. The highest BCUT2D eigenvalue weighted by molar-refractivity contribution is 7.09. The van der Waals surface area contributed by atoms with Gasteiger partial charge in [0.15, 0.2) is 0 Å². The predicted octanol–water partition coefficient (Wildman–Crippen LogP) is 2.27. The number of nitrogens with one attached hydrogen (secondary N) is 1. The number of thiazole rings is 1. The smallest absolute Gasteiger partial charge is 0.0897 e. The van der Waals surface area contributed by atoms with Gasteiger partial charge in [-0.05, 0) is 32.4 Å². The summed E-state index contributed by atoms with van der Waals surface area (Å²) < 4.78 is 0. The monoisotopic (exact) mass is 253 g/mol. The second-order valence-electron chi connectivity index (χ2n) is 5.74. The van der Waals surface area contributed by atoms with Crippen LogP contribution in [0.5, 0.6) is 0 Å². The van der Waals surface area contributed by atoms with E-state index in [4.69, 9.17) is 0 Å². The van der Waals surface area contributed by atoms with Crippen molar-refractivity contribution in [3.63, 3.8) is 0 Å². The molecule has 0 aromatic carbocycles. The molecule has 0 saturated carbocycles. The standard InChI is InChI=1S/C13H23N3S/c1-10-15-11(8-17-10)7-16(4)12-5-6-14-9-13(12,2)3/h8,12,14H,5-7,9H2,1-4H3. The van der Waals surface area contributed by atoms with E-state index in [0.29, 0.717) is 11.5 Å². The number of hydrogen-bond acceptors (Lipinski definition) is 4. The first kappa shape index (κ1) is 13.0. The van der Waals surface area contributed by atoms with Crippen LogP contribution in [-0.2, 0) is 6.54 Å². The Morgan fingerprint density at radius 1 is 1.59 bits per heavy atom. The summed E-state index contributed by atoms with van der Waals surface area (Å²) in [5, 5.41) is 6.83. The summed E-state index contributed by atoms with van der Waals surface area (Å²) in [5.41, 5.74) is 1.56. The van der Waals surface area contributed by atoms with Gasteiger partial charge < -0.3 is 5.32 Å². The van der Waals surface area contributed by atoms with Gasteiger partial charge in [0.05, 0.1) is 10.7 Å². The Morgan fingerprint density at radius 2 is 2.35 bits per heavy atom. The molecule has 2 heterocycles.